The minimum absolute atomic E-state index is 0.183. The molecule has 0 aliphatic heterocycles. The summed E-state index contributed by atoms with van der Waals surface area (Å²) in [6, 6.07) is 13.4. The first kappa shape index (κ1) is 17.9. The van der Waals surface area contributed by atoms with E-state index in [1.54, 1.807) is 0 Å². The third-order valence-electron chi connectivity index (χ3n) is 3.59. The van der Waals surface area contributed by atoms with Gasteiger partial charge in [-0.25, -0.2) is 0 Å². The van der Waals surface area contributed by atoms with E-state index in [0.29, 0.717) is 12.8 Å². The van der Waals surface area contributed by atoms with E-state index in [9.17, 15) is 9.59 Å². The third kappa shape index (κ3) is 5.01. The highest BCUT2D eigenvalue weighted by Gasteiger charge is 2.20. The van der Waals surface area contributed by atoms with Crippen molar-refractivity contribution in [2.24, 2.45) is 0 Å². The Bertz CT molecular complexity index is 726. The van der Waals surface area contributed by atoms with Crippen molar-refractivity contribution in [1.29, 1.82) is 0 Å². The molecule has 0 spiro atoms. The second-order valence-electron chi connectivity index (χ2n) is 5.17. The van der Waals surface area contributed by atoms with E-state index in [1.165, 1.54) is 5.56 Å². The molecular weight excluding hydrogens is 424 g/mol. The molecule has 2 aromatic rings. The number of rotatable bonds is 3. The van der Waals surface area contributed by atoms with Crippen LogP contribution in [-0.2, 0) is 17.6 Å². The number of aliphatic carboxylic acids is 1. The highest BCUT2D eigenvalue weighted by molar-refractivity contribution is 9.10. The molecule has 0 aromatic heterocycles. The molecule has 1 N–H and O–H groups in total. The Balaban J connectivity index is 0.000000167. The van der Waals surface area contributed by atoms with Crippen LogP contribution in [0.15, 0.2) is 51.4 Å². The van der Waals surface area contributed by atoms with Gasteiger partial charge in [-0.1, -0.05) is 62.2 Å². The number of halogens is 2. The lowest BCUT2D eigenvalue weighted by atomic mass is 10.1. The van der Waals surface area contributed by atoms with Gasteiger partial charge < -0.3 is 5.11 Å². The standard InChI is InChI=1S/C9H9BrO2.C9H7BrO/c10-8-4-2-1-3-7(8)5-6-9(11)12;10-8-3-1-2-7-6(8)4-5-9(7)11/h1-4H,5-6H2,(H,11,12);1-3H,4-5H2. The monoisotopic (exact) mass is 438 g/mol. The second-order valence-corrected chi connectivity index (χ2v) is 6.88. The Kier molecular flexibility index (Phi) is 6.54. The summed E-state index contributed by atoms with van der Waals surface area (Å²) < 4.78 is 2.05. The normalized spacial score (nSPS) is 12.3. The van der Waals surface area contributed by atoms with E-state index >= 15 is 0 Å². The van der Waals surface area contributed by atoms with E-state index in [-0.39, 0.29) is 12.2 Å². The molecule has 23 heavy (non-hydrogen) atoms. The van der Waals surface area contributed by atoms with Crippen LogP contribution in [0.2, 0.25) is 0 Å². The van der Waals surface area contributed by atoms with Gasteiger partial charge >= 0.3 is 5.97 Å². The van der Waals surface area contributed by atoms with Crippen LogP contribution in [0.25, 0.3) is 0 Å². The lowest BCUT2D eigenvalue weighted by molar-refractivity contribution is -0.136. The molecule has 0 heterocycles. The van der Waals surface area contributed by atoms with Gasteiger partial charge in [-0.3, -0.25) is 9.59 Å². The molecule has 0 amide bonds. The fourth-order valence-electron chi connectivity index (χ4n) is 2.39. The largest absolute Gasteiger partial charge is 0.481 e. The number of benzene rings is 2. The van der Waals surface area contributed by atoms with E-state index < -0.39 is 5.97 Å². The van der Waals surface area contributed by atoms with Crippen molar-refractivity contribution in [3.05, 3.63) is 68.1 Å². The van der Waals surface area contributed by atoms with Gasteiger partial charge in [0, 0.05) is 27.4 Å². The van der Waals surface area contributed by atoms with E-state index in [4.69, 9.17) is 5.11 Å². The minimum Gasteiger partial charge on any atom is -0.481 e. The Labute approximate surface area is 152 Å². The summed E-state index contributed by atoms with van der Waals surface area (Å²) in [5.74, 6) is -0.480. The van der Waals surface area contributed by atoms with E-state index in [0.717, 1.165) is 26.5 Å². The van der Waals surface area contributed by atoms with Crippen molar-refractivity contribution in [3.63, 3.8) is 0 Å². The smallest absolute Gasteiger partial charge is 0.303 e. The van der Waals surface area contributed by atoms with Crippen LogP contribution in [0.4, 0.5) is 0 Å². The second kappa shape index (κ2) is 8.41. The first-order chi connectivity index (χ1) is 11.0. The maximum atomic E-state index is 11.2. The van der Waals surface area contributed by atoms with Crippen molar-refractivity contribution in [3.8, 4) is 0 Å². The predicted octanol–water partition coefficient (Wildman–Crippen LogP) is 5.04. The number of carboxylic acid groups (broad SMARTS) is 1. The number of aryl methyl sites for hydroxylation is 1. The van der Waals surface area contributed by atoms with Crippen LogP contribution in [0, 0.1) is 0 Å². The molecule has 0 saturated carbocycles. The Morgan fingerprint density at radius 2 is 1.70 bits per heavy atom. The first-order valence-corrected chi connectivity index (χ1v) is 8.83. The summed E-state index contributed by atoms with van der Waals surface area (Å²) in [4.78, 5) is 21.5. The van der Waals surface area contributed by atoms with Gasteiger partial charge in [-0.15, -0.1) is 0 Å². The zero-order chi connectivity index (χ0) is 16.8. The van der Waals surface area contributed by atoms with Crippen molar-refractivity contribution >= 4 is 43.6 Å². The van der Waals surface area contributed by atoms with Crippen LogP contribution in [-0.4, -0.2) is 16.9 Å². The predicted molar refractivity (Wildman–Crippen MR) is 96.9 cm³/mol. The number of carbonyl (C=O) groups excluding carboxylic acids is 1. The Morgan fingerprint density at radius 1 is 1.00 bits per heavy atom. The Hall–Kier alpha value is -1.46. The summed E-state index contributed by atoms with van der Waals surface area (Å²) in [5.41, 5.74) is 3.12. The molecule has 1 aliphatic carbocycles. The van der Waals surface area contributed by atoms with Gasteiger partial charge in [0.2, 0.25) is 0 Å². The van der Waals surface area contributed by atoms with Crippen LogP contribution >= 0.6 is 31.9 Å². The molecule has 3 nitrogen and oxygen atoms in total. The Morgan fingerprint density at radius 3 is 2.35 bits per heavy atom. The fourth-order valence-corrected chi connectivity index (χ4v) is 3.44. The molecule has 5 heteroatoms. The van der Waals surface area contributed by atoms with Gasteiger partial charge in [0.05, 0.1) is 0 Å². The lowest BCUT2D eigenvalue weighted by Crippen LogP contribution is -1.97. The number of carbonyl (C=O) groups is 2. The quantitative estimate of drug-likeness (QED) is 0.728. The molecule has 0 bridgehead atoms. The van der Waals surface area contributed by atoms with Gasteiger partial charge in [-0.2, -0.15) is 0 Å². The molecule has 0 saturated heterocycles. The number of hydrogen-bond acceptors (Lipinski definition) is 2. The zero-order valence-electron chi connectivity index (χ0n) is 12.4. The molecule has 2 aromatic carbocycles. The lowest BCUT2D eigenvalue weighted by Gasteiger charge is -2.00. The molecule has 0 fully saturated rings. The average Bonchev–Trinajstić information content (AvgIpc) is 2.90. The molecule has 0 atom stereocenters. The summed E-state index contributed by atoms with van der Waals surface area (Å²) in [7, 11) is 0. The molecule has 120 valence electrons. The highest BCUT2D eigenvalue weighted by atomic mass is 79.9. The highest BCUT2D eigenvalue weighted by Crippen LogP contribution is 2.28. The van der Waals surface area contributed by atoms with Crippen LogP contribution in [0.3, 0.4) is 0 Å². The molecule has 3 rings (SSSR count). The minimum atomic E-state index is -0.759. The van der Waals surface area contributed by atoms with Crippen molar-refractivity contribution in [1.82, 2.24) is 0 Å². The number of fused-ring (bicyclic) bond motifs is 1. The van der Waals surface area contributed by atoms with Crippen LogP contribution in [0.5, 0.6) is 0 Å². The number of Topliss-reactive ketones (excluding diaryl/α,β-unsaturated/α-hetero) is 1. The SMILES string of the molecule is O=C(O)CCc1ccccc1Br.O=C1CCc2c(Br)cccc21. The maximum Gasteiger partial charge on any atom is 0.303 e. The van der Waals surface area contributed by atoms with Crippen molar-refractivity contribution < 1.29 is 14.7 Å². The van der Waals surface area contributed by atoms with Gasteiger partial charge in [0.15, 0.2) is 5.78 Å². The van der Waals surface area contributed by atoms with Gasteiger partial charge in [0.25, 0.3) is 0 Å². The number of hydrogen-bond donors (Lipinski definition) is 1. The van der Waals surface area contributed by atoms with Crippen molar-refractivity contribution in [2.45, 2.75) is 25.7 Å². The summed E-state index contributed by atoms with van der Waals surface area (Å²) >= 11 is 6.78. The summed E-state index contributed by atoms with van der Waals surface area (Å²) in [5, 5.41) is 8.45. The van der Waals surface area contributed by atoms with Crippen LogP contribution in [0.1, 0.15) is 34.3 Å². The molecule has 1 aliphatic rings. The van der Waals surface area contributed by atoms with Crippen molar-refractivity contribution in [2.75, 3.05) is 0 Å². The van der Waals surface area contributed by atoms with Crippen LogP contribution < -0.4 is 0 Å². The summed E-state index contributed by atoms with van der Waals surface area (Å²) in [6.45, 7) is 0. The zero-order valence-corrected chi connectivity index (χ0v) is 15.6. The maximum absolute atomic E-state index is 11.2. The molecular formula is C18H16Br2O3. The number of carboxylic acids is 1. The van der Waals surface area contributed by atoms with E-state index in [2.05, 4.69) is 31.9 Å². The van der Waals surface area contributed by atoms with Gasteiger partial charge in [0.1, 0.15) is 0 Å². The van der Waals surface area contributed by atoms with Gasteiger partial charge in [-0.05, 0) is 36.1 Å². The molecule has 0 unspecified atom stereocenters. The summed E-state index contributed by atoms with van der Waals surface area (Å²) in [6.07, 6.45) is 2.34. The first-order valence-electron chi connectivity index (χ1n) is 7.25. The number of ketones is 1. The molecule has 0 radical (unpaired) electrons. The average molecular weight is 440 g/mol. The van der Waals surface area contributed by atoms with E-state index in [1.807, 2.05) is 42.5 Å². The topological polar surface area (TPSA) is 54.4 Å². The third-order valence-corrected chi connectivity index (χ3v) is 5.10. The fraction of sp³-hybridized carbons (Fsp3) is 0.222.